The second-order valence-electron chi connectivity index (χ2n) is 2.95. The van der Waals surface area contributed by atoms with Gasteiger partial charge in [-0.05, 0) is 6.92 Å². The fraction of sp³-hybridized carbons (Fsp3) is 0.667. The molecule has 13 heavy (non-hydrogen) atoms. The molecule has 0 aromatic heterocycles. The Balaban J connectivity index is 2.47. The second kappa shape index (κ2) is 4.87. The molecule has 1 heterocycles. The minimum absolute atomic E-state index is 0.272. The van der Waals surface area contributed by atoms with E-state index in [0.29, 0.717) is 5.57 Å². The summed E-state index contributed by atoms with van der Waals surface area (Å²) in [5.41, 5.74) is 0.629. The van der Waals surface area contributed by atoms with Crippen molar-refractivity contribution in [3.05, 3.63) is 11.8 Å². The molecule has 0 aromatic rings. The lowest BCUT2D eigenvalue weighted by Gasteiger charge is -2.25. The largest absolute Gasteiger partial charge is 0.466 e. The molecule has 0 aliphatic carbocycles. The molecule has 0 aromatic carbocycles. The van der Waals surface area contributed by atoms with Crippen molar-refractivity contribution in [3.63, 3.8) is 0 Å². The standard InChI is InChI=1S/C9H15NO3/c1-8(9(11)12-2)7-10-3-5-13-6-4-10/h7H,3-6H2,1-2H3. The molecule has 1 saturated heterocycles. The molecule has 0 bridgehead atoms. The number of carbonyl (C=O) groups is 1. The Morgan fingerprint density at radius 2 is 2.08 bits per heavy atom. The Bertz CT molecular complexity index is 207. The molecule has 1 aliphatic heterocycles. The molecule has 0 saturated carbocycles. The van der Waals surface area contributed by atoms with E-state index in [1.165, 1.54) is 7.11 Å². The van der Waals surface area contributed by atoms with Crippen molar-refractivity contribution < 1.29 is 14.3 Å². The van der Waals surface area contributed by atoms with Crippen molar-refractivity contribution in [2.24, 2.45) is 0 Å². The van der Waals surface area contributed by atoms with Crippen molar-refractivity contribution in [1.82, 2.24) is 4.90 Å². The van der Waals surface area contributed by atoms with Crippen LogP contribution in [0.2, 0.25) is 0 Å². The van der Waals surface area contributed by atoms with Crippen LogP contribution in [0.1, 0.15) is 6.92 Å². The number of hydrogen-bond acceptors (Lipinski definition) is 4. The summed E-state index contributed by atoms with van der Waals surface area (Å²) < 4.78 is 9.77. The summed E-state index contributed by atoms with van der Waals surface area (Å²) in [4.78, 5) is 13.1. The van der Waals surface area contributed by atoms with E-state index >= 15 is 0 Å². The molecule has 1 aliphatic rings. The topological polar surface area (TPSA) is 38.8 Å². The molecule has 1 fully saturated rings. The van der Waals surface area contributed by atoms with E-state index in [1.54, 1.807) is 6.92 Å². The van der Waals surface area contributed by atoms with Gasteiger partial charge in [-0.1, -0.05) is 0 Å². The predicted octanol–water partition coefficient (Wildman–Crippen LogP) is 0.395. The van der Waals surface area contributed by atoms with Gasteiger partial charge >= 0.3 is 5.97 Å². The van der Waals surface area contributed by atoms with Gasteiger partial charge in [0.1, 0.15) is 0 Å². The summed E-state index contributed by atoms with van der Waals surface area (Å²) in [5, 5.41) is 0. The number of esters is 1. The van der Waals surface area contributed by atoms with Crippen LogP contribution in [0.3, 0.4) is 0 Å². The molecule has 0 amide bonds. The van der Waals surface area contributed by atoms with Crippen LogP contribution in [-0.2, 0) is 14.3 Å². The molecule has 0 unspecified atom stereocenters. The maximum atomic E-state index is 11.0. The van der Waals surface area contributed by atoms with Crippen molar-refractivity contribution in [3.8, 4) is 0 Å². The van der Waals surface area contributed by atoms with E-state index in [9.17, 15) is 4.79 Å². The van der Waals surface area contributed by atoms with E-state index in [2.05, 4.69) is 9.64 Å². The van der Waals surface area contributed by atoms with E-state index in [0.717, 1.165) is 26.3 Å². The van der Waals surface area contributed by atoms with Gasteiger partial charge in [0.25, 0.3) is 0 Å². The number of carbonyl (C=O) groups excluding carboxylic acids is 1. The van der Waals surface area contributed by atoms with Gasteiger partial charge in [0.15, 0.2) is 0 Å². The van der Waals surface area contributed by atoms with Gasteiger partial charge in [-0.15, -0.1) is 0 Å². The highest BCUT2D eigenvalue weighted by Gasteiger charge is 2.09. The number of rotatable bonds is 2. The first-order valence-corrected chi connectivity index (χ1v) is 4.32. The maximum absolute atomic E-state index is 11.0. The van der Waals surface area contributed by atoms with Crippen molar-refractivity contribution >= 4 is 5.97 Å². The first kappa shape index (κ1) is 10.1. The summed E-state index contributed by atoms with van der Waals surface area (Å²) in [6.45, 7) is 4.89. The van der Waals surface area contributed by atoms with Gasteiger partial charge in [-0.2, -0.15) is 0 Å². The summed E-state index contributed by atoms with van der Waals surface area (Å²) in [7, 11) is 1.39. The first-order chi connectivity index (χ1) is 6.24. The fourth-order valence-corrected chi connectivity index (χ4v) is 1.19. The van der Waals surface area contributed by atoms with E-state index in [4.69, 9.17) is 4.74 Å². The van der Waals surface area contributed by atoms with Crippen LogP contribution in [0.25, 0.3) is 0 Å². The average Bonchev–Trinajstić information content (AvgIpc) is 2.18. The monoisotopic (exact) mass is 185 g/mol. The Kier molecular flexibility index (Phi) is 3.76. The lowest BCUT2D eigenvalue weighted by Crippen LogP contribution is -2.32. The van der Waals surface area contributed by atoms with Gasteiger partial charge in [0.2, 0.25) is 0 Å². The highest BCUT2D eigenvalue weighted by Crippen LogP contribution is 2.02. The molecule has 4 heteroatoms. The van der Waals surface area contributed by atoms with E-state index < -0.39 is 0 Å². The van der Waals surface area contributed by atoms with Crippen molar-refractivity contribution in [2.75, 3.05) is 33.4 Å². The van der Waals surface area contributed by atoms with Crippen LogP contribution in [0, 0.1) is 0 Å². The number of morpholine rings is 1. The summed E-state index contributed by atoms with van der Waals surface area (Å²) in [6, 6.07) is 0. The third kappa shape index (κ3) is 3.06. The molecule has 0 spiro atoms. The van der Waals surface area contributed by atoms with Crippen molar-refractivity contribution in [2.45, 2.75) is 6.92 Å². The molecule has 0 atom stereocenters. The lowest BCUT2D eigenvalue weighted by molar-refractivity contribution is -0.136. The Morgan fingerprint density at radius 3 is 2.62 bits per heavy atom. The van der Waals surface area contributed by atoms with Crippen LogP contribution < -0.4 is 0 Å². The SMILES string of the molecule is COC(=O)C(C)=CN1CCOCC1. The fourth-order valence-electron chi connectivity index (χ4n) is 1.19. The van der Waals surface area contributed by atoms with Crippen molar-refractivity contribution in [1.29, 1.82) is 0 Å². The molecule has 0 N–H and O–H groups in total. The third-order valence-electron chi connectivity index (χ3n) is 1.93. The zero-order chi connectivity index (χ0) is 9.68. The minimum Gasteiger partial charge on any atom is -0.466 e. The first-order valence-electron chi connectivity index (χ1n) is 4.32. The smallest absolute Gasteiger partial charge is 0.334 e. The zero-order valence-electron chi connectivity index (χ0n) is 8.08. The minimum atomic E-state index is -0.272. The number of hydrogen-bond donors (Lipinski definition) is 0. The van der Waals surface area contributed by atoms with Gasteiger partial charge < -0.3 is 14.4 Å². The lowest BCUT2D eigenvalue weighted by atomic mass is 10.3. The quantitative estimate of drug-likeness (QED) is 0.461. The van der Waals surface area contributed by atoms with E-state index in [1.807, 2.05) is 6.20 Å². The molecule has 1 rings (SSSR count). The third-order valence-corrected chi connectivity index (χ3v) is 1.93. The van der Waals surface area contributed by atoms with Gasteiger partial charge in [-0.3, -0.25) is 0 Å². The molecular weight excluding hydrogens is 170 g/mol. The highest BCUT2D eigenvalue weighted by atomic mass is 16.5. The second-order valence-corrected chi connectivity index (χ2v) is 2.95. The predicted molar refractivity (Wildman–Crippen MR) is 48.2 cm³/mol. The summed E-state index contributed by atoms with van der Waals surface area (Å²) >= 11 is 0. The Hall–Kier alpha value is -1.03. The van der Waals surface area contributed by atoms with Crippen LogP contribution >= 0.6 is 0 Å². The van der Waals surface area contributed by atoms with Crippen LogP contribution in [0.4, 0.5) is 0 Å². The molecular formula is C9H15NO3. The summed E-state index contributed by atoms with van der Waals surface area (Å²) in [5.74, 6) is -0.272. The zero-order valence-corrected chi connectivity index (χ0v) is 8.08. The normalized spacial score (nSPS) is 18.6. The van der Waals surface area contributed by atoms with Crippen LogP contribution in [0.15, 0.2) is 11.8 Å². The Morgan fingerprint density at radius 1 is 1.46 bits per heavy atom. The number of methoxy groups -OCH3 is 1. The number of nitrogens with zero attached hydrogens (tertiary/aromatic N) is 1. The van der Waals surface area contributed by atoms with Gasteiger partial charge in [-0.25, -0.2) is 4.79 Å². The average molecular weight is 185 g/mol. The summed E-state index contributed by atoms with van der Waals surface area (Å²) in [6.07, 6.45) is 1.83. The molecule has 0 radical (unpaired) electrons. The van der Waals surface area contributed by atoms with Gasteiger partial charge in [0, 0.05) is 24.9 Å². The highest BCUT2D eigenvalue weighted by molar-refractivity contribution is 5.87. The van der Waals surface area contributed by atoms with Crippen LogP contribution in [0.5, 0.6) is 0 Å². The molecule has 74 valence electrons. The molecule has 4 nitrogen and oxygen atoms in total. The van der Waals surface area contributed by atoms with E-state index in [-0.39, 0.29) is 5.97 Å². The number of ether oxygens (including phenoxy) is 2. The maximum Gasteiger partial charge on any atom is 0.334 e. The van der Waals surface area contributed by atoms with Crippen LogP contribution in [-0.4, -0.2) is 44.3 Å². The van der Waals surface area contributed by atoms with Gasteiger partial charge in [0.05, 0.1) is 20.3 Å². The Labute approximate surface area is 78.1 Å².